The number of hydrazone groups is 1. The molecule has 5 aliphatic rings. The highest BCUT2D eigenvalue weighted by Gasteiger charge is 2.64. The normalized spacial score (nSPS) is 41.1. The molecule has 0 spiro atoms. The maximum Gasteiger partial charge on any atom is 0.438 e. The maximum absolute atomic E-state index is 13.5. The topological polar surface area (TPSA) is 96.5 Å². The van der Waals surface area contributed by atoms with Crippen LogP contribution in [0.3, 0.4) is 0 Å². The average Bonchev–Trinajstić information content (AvgIpc) is 3.21. The van der Waals surface area contributed by atoms with E-state index in [1.54, 1.807) is 4.80 Å². The number of alkyl halides is 3. The van der Waals surface area contributed by atoms with Gasteiger partial charge in [-0.25, -0.2) is 0 Å². The number of hydrogen-bond acceptors (Lipinski definition) is 6. The van der Waals surface area contributed by atoms with Crippen molar-refractivity contribution in [2.45, 2.75) is 75.7 Å². The molecule has 1 aliphatic heterocycles. The summed E-state index contributed by atoms with van der Waals surface area (Å²) in [5.41, 5.74) is -3.92. The first-order valence-corrected chi connectivity index (χ1v) is 9.94. The van der Waals surface area contributed by atoms with E-state index in [-0.39, 0.29) is 22.7 Å². The van der Waals surface area contributed by atoms with Crippen molar-refractivity contribution < 1.29 is 23.1 Å². The van der Waals surface area contributed by atoms with E-state index in [0.717, 1.165) is 32.1 Å². The molecule has 29 heavy (non-hydrogen) atoms. The van der Waals surface area contributed by atoms with E-state index in [1.807, 2.05) is 0 Å². The van der Waals surface area contributed by atoms with E-state index in [0.29, 0.717) is 18.3 Å². The van der Waals surface area contributed by atoms with Crippen molar-refractivity contribution in [3.8, 4) is 0 Å². The molecule has 158 valence electrons. The summed E-state index contributed by atoms with van der Waals surface area (Å²) < 4.78 is 40.6. The molecule has 4 aliphatic carbocycles. The van der Waals surface area contributed by atoms with Crippen molar-refractivity contribution in [1.29, 1.82) is 0 Å². The van der Waals surface area contributed by atoms with Crippen molar-refractivity contribution in [3.63, 3.8) is 0 Å². The third-order valence-corrected chi connectivity index (χ3v) is 7.26. The van der Waals surface area contributed by atoms with E-state index in [9.17, 15) is 23.1 Å². The SMILES string of the molecule is CC1=NN(C(=O)CC23C[C@H]4C[C@@H](C2)CC(n2ncnn2)(C4)C3)[C@@](O)(C(F)(F)F)C1. The lowest BCUT2D eigenvalue weighted by atomic mass is 9.46. The molecule has 2 heterocycles. The number of carbonyl (C=O) groups is 1. The van der Waals surface area contributed by atoms with Crippen molar-refractivity contribution in [2.24, 2.45) is 22.4 Å². The van der Waals surface area contributed by atoms with Crippen molar-refractivity contribution in [2.75, 3.05) is 0 Å². The molecule has 1 aromatic heterocycles. The highest BCUT2D eigenvalue weighted by molar-refractivity contribution is 5.89. The molecule has 0 radical (unpaired) electrons. The van der Waals surface area contributed by atoms with Gasteiger partial charge in [-0.15, -0.1) is 10.2 Å². The first-order valence-electron chi connectivity index (χ1n) is 9.94. The Kier molecular flexibility index (Phi) is 3.77. The van der Waals surface area contributed by atoms with Gasteiger partial charge in [0.15, 0.2) is 6.33 Å². The van der Waals surface area contributed by atoms with E-state index in [1.165, 1.54) is 13.3 Å². The molecular weight excluding hydrogens is 389 g/mol. The minimum atomic E-state index is -4.97. The number of tetrazole rings is 1. The molecule has 6 rings (SSSR count). The summed E-state index contributed by atoms with van der Waals surface area (Å²) >= 11 is 0. The number of carbonyl (C=O) groups excluding carboxylic acids is 1. The molecule has 1 amide bonds. The number of hydrogen-bond donors (Lipinski definition) is 1. The molecule has 4 saturated carbocycles. The smallest absolute Gasteiger partial charge is 0.362 e. The molecule has 8 nitrogen and oxygen atoms in total. The van der Waals surface area contributed by atoms with Crippen LogP contribution in [0.4, 0.5) is 13.2 Å². The average molecular weight is 412 g/mol. The first kappa shape index (κ1) is 19.0. The second kappa shape index (κ2) is 5.77. The second-order valence-corrected chi connectivity index (χ2v) is 9.62. The van der Waals surface area contributed by atoms with Gasteiger partial charge < -0.3 is 5.11 Å². The Morgan fingerprint density at radius 1 is 1.28 bits per heavy atom. The third kappa shape index (κ3) is 2.72. The van der Waals surface area contributed by atoms with Crippen LogP contribution < -0.4 is 0 Å². The Bertz CT molecular complexity index is 855. The molecule has 4 fully saturated rings. The largest absolute Gasteiger partial charge is 0.438 e. The van der Waals surface area contributed by atoms with Gasteiger partial charge in [-0.2, -0.15) is 28.1 Å². The van der Waals surface area contributed by atoms with E-state index >= 15 is 0 Å². The number of nitrogens with zero attached hydrogens (tertiary/aromatic N) is 6. The molecule has 1 N–H and O–H groups in total. The Morgan fingerprint density at radius 2 is 1.97 bits per heavy atom. The number of halogens is 3. The van der Waals surface area contributed by atoms with Gasteiger partial charge in [0.05, 0.1) is 5.54 Å². The summed E-state index contributed by atoms with van der Waals surface area (Å²) in [4.78, 5) is 14.7. The van der Waals surface area contributed by atoms with Crippen LogP contribution in [0.25, 0.3) is 0 Å². The van der Waals surface area contributed by atoms with Crippen LogP contribution in [0.5, 0.6) is 0 Å². The van der Waals surface area contributed by atoms with E-state index in [4.69, 9.17) is 0 Å². The Labute approximate surface area is 165 Å². The quantitative estimate of drug-likeness (QED) is 0.821. The fraction of sp³-hybridized carbons (Fsp3) is 0.833. The first-order chi connectivity index (χ1) is 13.5. The van der Waals surface area contributed by atoms with Crippen LogP contribution in [0.1, 0.15) is 58.3 Å². The molecular formula is C18H23F3N6O2. The molecule has 2 unspecified atom stereocenters. The van der Waals surface area contributed by atoms with Gasteiger partial charge in [0.25, 0.3) is 5.72 Å². The zero-order chi connectivity index (χ0) is 20.7. The van der Waals surface area contributed by atoms with Crippen molar-refractivity contribution in [1.82, 2.24) is 25.2 Å². The lowest BCUT2D eigenvalue weighted by Crippen LogP contribution is -2.60. The zero-order valence-electron chi connectivity index (χ0n) is 16.1. The number of aromatic nitrogens is 4. The lowest BCUT2D eigenvalue weighted by molar-refractivity contribution is -0.303. The molecule has 5 atom stereocenters. The molecule has 0 aromatic carbocycles. The summed E-state index contributed by atoms with van der Waals surface area (Å²) in [6.07, 6.45) is 0.750. The predicted molar refractivity (Wildman–Crippen MR) is 93.1 cm³/mol. The zero-order valence-corrected chi connectivity index (χ0v) is 16.1. The van der Waals surface area contributed by atoms with Gasteiger partial charge in [-0.1, -0.05) is 0 Å². The molecule has 11 heteroatoms. The molecule has 1 aromatic rings. The minimum Gasteiger partial charge on any atom is -0.362 e. The van der Waals surface area contributed by atoms with Crippen LogP contribution in [0.2, 0.25) is 0 Å². The summed E-state index contributed by atoms with van der Waals surface area (Å²) in [5.74, 6) is 0.00561. The molecule has 4 bridgehead atoms. The standard InChI is InChI=1S/C18H23F3N6O2/c1-11-3-17(29,18(19,20)21)26(24-11)14(28)8-15-4-12-2-13(5-15)7-16(6-12,9-15)27-23-10-22-25-27/h10,12-13,29H,2-9H2,1H3/t12-,13+,15?,16?,17-/m0/s1. The highest BCUT2D eigenvalue weighted by atomic mass is 19.4. The van der Waals surface area contributed by atoms with Crippen LogP contribution >= 0.6 is 0 Å². The summed E-state index contributed by atoms with van der Waals surface area (Å²) in [6.45, 7) is 1.39. The Hall–Kier alpha value is -2.04. The second-order valence-electron chi connectivity index (χ2n) is 9.62. The van der Waals surface area contributed by atoms with Gasteiger partial charge in [0.1, 0.15) is 0 Å². The van der Waals surface area contributed by atoms with Crippen molar-refractivity contribution >= 4 is 11.6 Å². The minimum absolute atomic E-state index is 0.0639. The van der Waals surface area contributed by atoms with Gasteiger partial charge >= 0.3 is 6.18 Å². The van der Waals surface area contributed by atoms with Gasteiger partial charge in [0, 0.05) is 18.6 Å². The van der Waals surface area contributed by atoms with E-state index in [2.05, 4.69) is 20.5 Å². The third-order valence-electron chi connectivity index (χ3n) is 7.26. The van der Waals surface area contributed by atoms with Gasteiger partial charge in [-0.3, -0.25) is 4.79 Å². The molecule has 0 saturated heterocycles. The number of aliphatic hydroxyl groups is 1. The number of rotatable bonds is 3. The monoisotopic (exact) mass is 412 g/mol. The fourth-order valence-corrected chi connectivity index (χ4v) is 6.83. The highest BCUT2D eigenvalue weighted by Crippen LogP contribution is 2.65. The van der Waals surface area contributed by atoms with Crippen LogP contribution in [-0.4, -0.2) is 53.8 Å². The Balaban J connectivity index is 1.44. The fourth-order valence-electron chi connectivity index (χ4n) is 6.83. The predicted octanol–water partition coefficient (Wildman–Crippen LogP) is 2.22. The number of amides is 1. The summed E-state index contributed by atoms with van der Waals surface area (Å²) in [5, 5.41) is 26.5. The van der Waals surface area contributed by atoms with Crippen LogP contribution in [-0.2, 0) is 10.3 Å². The summed E-state index contributed by atoms with van der Waals surface area (Å²) in [7, 11) is 0. The van der Waals surface area contributed by atoms with Crippen LogP contribution in [0.15, 0.2) is 11.4 Å². The maximum atomic E-state index is 13.5. The summed E-state index contributed by atoms with van der Waals surface area (Å²) in [6, 6.07) is 0. The van der Waals surface area contributed by atoms with Gasteiger partial charge in [-0.05, 0) is 67.9 Å². The van der Waals surface area contributed by atoms with Crippen molar-refractivity contribution in [3.05, 3.63) is 6.33 Å². The van der Waals surface area contributed by atoms with E-state index < -0.39 is 29.6 Å². The lowest BCUT2D eigenvalue weighted by Gasteiger charge is -2.61. The van der Waals surface area contributed by atoms with Gasteiger partial charge in [0.2, 0.25) is 5.91 Å². The Morgan fingerprint density at radius 3 is 2.55 bits per heavy atom. The van der Waals surface area contributed by atoms with Crippen LogP contribution in [0, 0.1) is 17.3 Å².